The maximum Gasteiger partial charge on any atom is 0.0666 e. The van der Waals surface area contributed by atoms with Gasteiger partial charge in [0.15, 0.2) is 0 Å². The van der Waals surface area contributed by atoms with Gasteiger partial charge in [0.2, 0.25) is 0 Å². The zero-order valence-electron chi connectivity index (χ0n) is 9.23. The van der Waals surface area contributed by atoms with Crippen LogP contribution in [0.5, 0.6) is 0 Å². The molecule has 0 aliphatic heterocycles. The minimum absolute atomic E-state index is 0.0781. The summed E-state index contributed by atoms with van der Waals surface area (Å²) < 4.78 is 1.33. The minimum Gasteiger partial charge on any atom is -0.311 e. The first kappa shape index (κ1) is 11.1. The molecule has 1 aromatic heterocycles. The summed E-state index contributed by atoms with van der Waals surface area (Å²) in [5.41, 5.74) is 0. The number of nitrogens with zero attached hydrogens (tertiary/aromatic N) is 1. The number of nitrogens with one attached hydrogen (secondary N) is 1. The van der Waals surface area contributed by atoms with Gasteiger partial charge in [-0.25, -0.2) is 0 Å². The molecular formula is C13H14N2S. The summed E-state index contributed by atoms with van der Waals surface area (Å²) in [5.74, 6) is 0.0781. The summed E-state index contributed by atoms with van der Waals surface area (Å²) in [5, 5.41) is 13.3. The molecule has 1 atom stereocenters. The highest BCUT2D eigenvalue weighted by molar-refractivity contribution is 7.19. The third kappa shape index (κ3) is 2.60. The monoisotopic (exact) mass is 230 g/mol. The lowest BCUT2D eigenvalue weighted by Gasteiger charge is -2.03. The third-order valence-corrected chi connectivity index (χ3v) is 3.56. The smallest absolute Gasteiger partial charge is 0.0666 e. The summed E-state index contributed by atoms with van der Waals surface area (Å²) in [6.45, 7) is 3.54. The van der Waals surface area contributed by atoms with Crippen molar-refractivity contribution in [2.45, 2.75) is 13.5 Å². The van der Waals surface area contributed by atoms with E-state index in [9.17, 15) is 0 Å². The Hall–Kier alpha value is -1.37. The molecule has 0 aliphatic carbocycles. The molecule has 0 bridgehead atoms. The fourth-order valence-corrected chi connectivity index (χ4v) is 2.62. The van der Waals surface area contributed by atoms with Crippen LogP contribution in [-0.2, 0) is 6.54 Å². The molecule has 0 spiro atoms. The van der Waals surface area contributed by atoms with E-state index in [-0.39, 0.29) is 5.92 Å². The van der Waals surface area contributed by atoms with Gasteiger partial charge in [-0.15, -0.1) is 11.3 Å². The van der Waals surface area contributed by atoms with Gasteiger partial charge in [-0.1, -0.05) is 18.2 Å². The van der Waals surface area contributed by atoms with E-state index < -0.39 is 0 Å². The van der Waals surface area contributed by atoms with Crippen molar-refractivity contribution in [3.8, 4) is 6.07 Å². The minimum atomic E-state index is 0.0781. The summed E-state index contributed by atoms with van der Waals surface area (Å²) in [7, 11) is 0. The first-order valence-corrected chi connectivity index (χ1v) is 6.19. The van der Waals surface area contributed by atoms with Gasteiger partial charge in [0.1, 0.15) is 0 Å². The van der Waals surface area contributed by atoms with E-state index in [1.165, 1.54) is 15.0 Å². The number of nitriles is 1. The topological polar surface area (TPSA) is 35.8 Å². The predicted molar refractivity (Wildman–Crippen MR) is 68.3 cm³/mol. The zero-order valence-corrected chi connectivity index (χ0v) is 10.1. The fourth-order valence-electron chi connectivity index (χ4n) is 1.58. The summed E-state index contributed by atoms with van der Waals surface area (Å²) in [6.07, 6.45) is 0. The molecule has 1 aromatic carbocycles. The molecule has 82 valence electrons. The van der Waals surface area contributed by atoms with Crippen LogP contribution in [0.15, 0.2) is 30.3 Å². The van der Waals surface area contributed by atoms with Crippen LogP contribution in [0.2, 0.25) is 0 Å². The molecule has 0 saturated heterocycles. The average Bonchev–Trinajstić information content (AvgIpc) is 2.71. The molecule has 0 aliphatic rings. The average molecular weight is 230 g/mol. The summed E-state index contributed by atoms with van der Waals surface area (Å²) in [6, 6.07) is 12.8. The molecule has 16 heavy (non-hydrogen) atoms. The lowest BCUT2D eigenvalue weighted by atomic mass is 10.2. The standard InChI is InChI=1S/C13H14N2S/c1-10(7-14)8-15-9-12-6-11-4-2-3-5-13(11)16-12/h2-6,10,15H,8-9H2,1H3. The van der Waals surface area contributed by atoms with Gasteiger partial charge in [-0.2, -0.15) is 5.26 Å². The Bertz CT molecular complexity index is 477. The van der Waals surface area contributed by atoms with E-state index in [0.717, 1.165) is 13.1 Å². The highest BCUT2D eigenvalue weighted by Crippen LogP contribution is 2.24. The summed E-state index contributed by atoms with van der Waals surface area (Å²) >= 11 is 1.81. The second-order valence-electron chi connectivity index (χ2n) is 3.91. The van der Waals surface area contributed by atoms with E-state index >= 15 is 0 Å². The lowest BCUT2D eigenvalue weighted by Crippen LogP contribution is -2.19. The molecular weight excluding hydrogens is 216 g/mol. The van der Waals surface area contributed by atoms with Gasteiger partial charge < -0.3 is 5.32 Å². The normalized spacial score (nSPS) is 12.5. The van der Waals surface area contributed by atoms with Crippen LogP contribution in [0.25, 0.3) is 10.1 Å². The quantitative estimate of drug-likeness (QED) is 0.875. The SMILES string of the molecule is CC(C#N)CNCc1cc2ccccc2s1. The van der Waals surface area contributed by atoms with Crippen molar-refractivity contribution in [2.24, 2.45) is 5.92 Å². The molecule has 2 rings (SSSR count). The van der Waals surface area contributed by atoms with Crippen molar-refractivity contribution in [2.75, 3.05) is 6.54 Å². The molecule has 0 fully saturated rings. The molecule has 2 aromatic rings. The maximum absolute atomic E-state index is 8.66. The van der Waals surface area contributed by atoms with Gasteiger partial charge >= 0.3 is 0 Å². The number of hydrogen-bond acceptors (Lipinski definition) is 3. The van der Waals surface area contributed by atoms with Crippen molar-refractivity contribution < 1.29 is 0 Å². The van der Waals surface area contributed by atoms with Gasteiger partial charge in [0, 0.05) is 22.7 Å². The molecule has 1 N–H and O–H groups in total. The van der Waals surface area contributed by atoms with Crippen molar-refractivity contribution in [1.29, 1.82) is 5.26 Å². The number of hydrogen-bond donors (Lipinski definition) is 1. The molecule has 0 radical (unpaired) electrons. The zero-order chi connectivity index (χ0) is 11.4. The molecule has 1 heterocycles. The van der Waals surface area contributed by atoms with Crippen LogP contribution in [0.4, 0.5) is 0 Å². The second-order valence-corrected chi connectivity index (χ2v) is 5.08. The van der Waals surface area contributed by atoms with Crippen LogP contribution in [0.1, 0.15) is 11.8 Å². The second kappa shape index (κ2) is 5.11. The number of thiophene rings is 1. The van der Waals surface area contributed by atoms with Gasteiger partial charge in [0.05, 0.1) is 12.0 Å². The molecule has 3 heteroatoms. The highest BCUT2D eigenvalue weighted by Gasteiger charge is 2.02. The van der Waals surface area contributed by atoms with E-state index in [1.807, 2.05) is 18.3 Å². The van der Waals surface area contributed by atoms with Crippen molar-refractivity contribution in [1.82, 2.24) is 5.32 Å². The predicted octanol–water partition coefficient (Wildman–Crippen LogP) is 3.15. The molecule has 2 nitrogen and oxygen atoms in total. The highest BCUT2D eigenvalue weighted by atomic mass is 32.1. The van der Waals surface area contributed by atoms with Crippen LogP contribution in [0.3, 0.4) is 0 Å². The lowest BCUT2D eigenvalue weighted by molar-refractivity contribution is 0.605. The Labute approximate surface area is 99.5 Å². The van der Waals surface area contributed by atoms with Gasteiger partial charge in [0.25, 0.3) is 0 Å². The van der Waals surface area contributed by atoms with Crippen LogP contribution in [0, 0.1) is 17.2 Å². The van der Waals surface area contributed by atoms with Crippen molar-refractivity contribution >= 4 is 21.4 Å². The van der Waals surface area contributed by atoms with E-state index in [1.54, 1.807) is 0 Å². The van der Waals surface area contributed by atoms with Crippen LogP contribution >= 0.6 is 11.3 Å². The number of fused-ring (bicyclic) bond motifs is 1. The van der Waals surface area contributed by atoms with Crippen molar-refractivity contribution in [3.63, 3.8) is 0 Å². The third-order valence-electron chi connectivity index (χ3n) is 2.45. The van der Waals surface area contributed by atoms with Gasteiger partial charge in [-0.05, 0) is 24.4 Å². The molecule has 1 unspecified atom stereocenters. The van der Waals surface area contributed by atoms with Crippen molar-refractivity contribution in [3.05, 3.63) is 35.2 Å². The van der Waals surface area contributed by atoms with E-state index in [0.29, 0.717) is 0 Å². The fraction of sp³-hybridized carbons (Fsp3) is 0.308. The number of benzene rings is 1. The number of rotatable bonds is 4. The van der Waals surface area contributed by atoms with Gasteiger partial charge in [-0.3, -0.25) is 0 Å². The maximum atomic E-state index is 8.66. The molecule has 0 saturated carbocycles. The van der Waals surface area contributed by atoms with E-state index in [4.69, 9.17) is 5.26 Å². The van der Waals surface area contributed by atoms with Crippen LogP contribution in [-0.4, -0.2) is 6.54 Å². The Morgan fingerprint density at radius 2 is 2.25 bits per heavy atom. The molecule has 0 amide bonds. The first-order chi connectivity index (χ1) is 7.79. The largest absolute Gasteiger partial charge is 0.311 e. The van der Waals surface area contributed by atoms with Crippen LogP contribution < -0.4 is 5.32 Å². The summed E-state index contributed by atoms with van der Waals surface area (Å²) in [4.78, 5) is 1.33. The Kier molecular flexibility index (Phi) is 3.55. The first-order valence-electron chi connectivity index (χ1n) is 5.37. The Balaban J connectivity index is 1.97. The Morgan fingerprint density at radius 1 is 1.44 bits per heavy atom. The van der Waals surface area contributed by atoms with E-state index in [2.05, 4.69) is 41.7 Å². The Morgan fingerprint density at radius 3 is 3.00 bits per heavy atom.